The van der Waals surface area contributed by atoms with E-state index in [9.17, 15) is 18.0 Å². The maximum atomic E-state index is 12.9. The SMILES string of the molecule is Nc1ncnc2c1c(C1=CCC(NC(=O)Nc3cccc(C(F)(F)F)c3)C=C1)nn2[C@@H]1CCOC1. The van der Waals surface area contributed by atoms with Crippen LogP contribution in [0.2, 0.25) is 0 Å². The fourth-order valence-corrected chi connectivity index (χ4v) is 4.18. The van der Waals surface area contributed by atoms with Crippen LogP contribution < -0.4 is 16.4 Å². The third kappa shape index (κ3) is 4.69. The van der Waals surface area contributed by atoms with E-state index < -0.39 is 17.8 Å². The van der Waals surface area contributed by atoms with Gasteiger partial charge in [-0.3, -0.25) is 0 Å². The van der Waals surface area contributed by atoms with Crippen molar-refractivity contribution in [2.24, 2.45) is 0 Å². The van der Waals surface area contributed by atoms with Crippen LogP contribution in [0.15, 0.2) is 48.8 Å². The van der Waals surface area contributed by atoms with Crippen LogP contribution in [-0.2, 0) is 10.9 Å². The Morgan fingerprint density at radius 1 is 1.26 bits per heavy atom. The highest BCUT2D eigenvalue weighted by Gasteiger charge is 2.30. The molecule has 1 aromatic carbocycles. The maximum Gasteiger partial charge on any atom is 0.416 e. The van der Waals surface area contributed by atoms with E-state index in [4.69, 9.17) is 15.6 Å². The number of aromatic nitrogens is 4. The minimum absolute atomic E-state index is 0.0525. The summed E-state index contributed by atoms with van der Waals surface area (Å²) < 4.78 is 46.0. The highest BCUT2D eigenvalue weighted by molar-refractivity contribution is 5.98. The van der Waals surface area contributed by atoms with Crippen molar-refractivity contribution in [1.29, 1.82) is 0 Å². The normalized spacial score (nSPS) is 20.1. The fraction of sp³-hybridized carbons (Fsp3) is 0.304. The van der Waals surface area contributed by atoms with Gasteiger partial charge in [-0.25, -0.2) is 19.4 Å². The number of nitrogen functional groups attached to an aromatic ring is 1. The number of carbonyl (C=O) groups excluding carboxylic acids is 1. The zero-order valence-electron chi connectivity index (χ0n) is 18.4. The number of fused-ring (bicyclic) bond motifs is 1. The first-order valence-corrected chi connectivity index (χ1v) is 11.0. The number of nitrogens with two attached hydrogens (primary N) is 1. The molecule has 0 radical (unpaired) electrons. The second kappa shape index (κ2) is 9.02. The first kappa shape index (κ1) is 22.8. The van der Waals surface area contributed by atoms with Gasteiger partial charge in [0.05, 0.1) is 29.6 Å². The van der Waals surface area contributed by atoms with Gasteiger partial charge < -0.3 is 21.1 Å². The van der Waals surface area contributed by atoms with Crippen LogP contribution in [0.5, 0.6) is 0 Å². The topological polar surface area (TPSA) is 120 Å². The number of carbonyl (C=O) groups is 1. The molecule has 3 aromatic rings. The Hall–Kier alpha value is -3.93. The molecule has 4 N–H and O–H groups in total. The quantitative estimate of drug-likeness (QED) is 0.515. The lowest BCUT2D eigenvalue weighted by atomic mass is 9.99. The van der Waals surface area contributed by atoms with Gasteiger partial charge in [0, 0.05) is 12.3 Å². The fourth-order valence-electron chi connectivity index (χ4n) is 4.18. The van der Waals surface area contributed by atoms with Gasteiger partial charge in [-0.05, 0) is 36.6 Å². The van der Waals surface area contributed by atoms with Crippen molar-refractivity contribution in [2.75, 3.05) is 24.3 Å². The van der Waals surface area contributed by atoms with Gasteiger partial charge in [-0.2, -0.15) is 18.3 Å². The molecule has 1 unspecified atom stereocenters. The van der Waals surface area contributed by atoms with Gasteiger partial charge in [-0.15, -0.1) is 0 Å². The monoisotopic (exact) mass is 485 g/mol. The maximum absolute atomic E-state index is 12.9. The second-order valence-corrected chi connectivity index (χ2v) is 8.31. The van der Waals surface area contributed by atoms with Crippen LogP contribution in [0.4, 0.5) is 29.5 Å². The van der Waals surface area contributed by atoms with Crippen molar-refractivity contribution in [3.63, 3.8) is 0 Å². The number of halogens is 3. The molecule has 1 aliphatic carbocycles. The summed E-state index contributed by atoms with van der Waals surface area (Å²) in [6.07, 6.45) is 3.73. The summed E-state index contributed by atoms with van der Waals surface area (Å²) in [6.45, 7) is 1.20. The molecule has 5 rings (SSSR count). The number of hydrogen-bond acceptors (Lipinski definition) is 6. The Kier molecular flexibility index (Phi) is 5.89. The van der Waals surface area contributed by atoms with E-state index in [1.54, 1.807) is 6.08 Å². The number of nitrogens with zero attached hydrogens (tertiary/aromatic N) is 4. The van der Waals surface area contributed by atoms with Crippen LogP contribution in [0.1, 0.15) is 30.1 Å². The van der Waals surface area contributed by atoms with Crippen LogP contribution in [0.25, 0.3) is 16.6 Å². The molecule has 9 nitrogen and oxygen atoms in total. The number of anilines is 2. The Labute approximate surface area is 197 Å². The van der Waals surface area contributed by atoms with E-state index >= 15 is 0 Å². The molecule has 2 aliphatic rings. The van der Waals surface area contributed by atoms with Crippen molar-refractivity contribution in [3.8, 4) is 0 Å². The lowest BCUT2D eigenvalue weighted by Crippen LogP contribution is -2.37. The molecule has 2 aromatic heterocycles. The van der Waals surface area contributed by atoms with Gasteiger partial charge in [0.15, 0.2) is 5.65 Å². The molecule has 182 valence electrons. The Morgan fingerprint density at radius 3 is 2.83 bits per heavy atom. The standard InChI is InChI=1S/C23H22F3N7O2/c24-23(25,26)14-2-1-3-16(10-14)31-22(34)30-15-6-4-13(5-7-15)19-18-20(27)28-12-29-21(18)33(32-19)17-8-9-35-11-17/h1-6,10,12,15,17H,7-9,11H2,(H2,27,28,29)(H2,30,31,34)/t15?,17-/m1/s1. The van der Waals surface area contributed by atoms with Crippen molar-refractivity contribution in [2.45, 2.75) is 31.1 Å². The average Bonchev–Trinajstić information content (AvgIpc) is 3.48. The molecular weight excluding hydrogens is 463 g/mol. The van der Waals surface area contributed by atoms with Crippen LogP contribution >= 0.6 is 0 Å². The van der Waals surface area contributed by atoms with E-state index in [1.807, 2.05) is 16.8 Å². The summed E-state index contributed by atoms with van der Waals surface area (Å²) in [5.74, 6) is 0.324. The number of nitrogens with one attached hydrogen (secondary N) is 2. The Morgan fingerprint density at radius 2 is 2.11 bits per heavy atom. The van der Waals surface area contributed by atoms with Crippen LogP contribution in [0, 0.1) is 0 Å². The molecule has 1 saturated heterocycles. The van der Waals surface area contributed by atoms with Crippen molar-refractivity contribution < 1.29 is 22.7 Å². The molecule has 35 heavy (non-hydrogen) atoms. The molecule has 1 aliphatic heterocycles. The largest absolute Gasteiger partial charge is 0.416 e. The van der Waals surface area contributed by atoms with Gasteiger partial charge in [-0.1, -0.05) is 24.3 Å². The van der Waals surface area contributed by atoms with Crippen LogP contribution in [0.3, 0.4) is 0 Å². The number of urea groups is 1. The summed E-state index contributed by atoms with van der Waals surface area (Å²) in [5.41, 5.74) is 7.47. The first-order valence-electron chi connectivity index (χ1n) is 11.0. The van der Waals surface area contributed by atoms with Crippen molar-refractivity contribution in [3.05, 3.63) is 60.1 Å². The molecule has 1 fully saturated rings. The molecule has 0 saturated carbocycles. The zero-order valence-corrected chi connectivity index (χ0v) is 18.4. The summed E-state index contributed by atoms with van der Waals surface area (Å²) in [7, 11) is 0. The van der Waals surface area contributed by atoms with E-state index in [0.29, 0.717) is 42.2 Å². The van der Waals surface area contributed by atoms with E-state index in [1.165, 1.54) is 18.5 Å². The summed E-state index contributed by atoms with van der Waals surface area (Å²) in [4.78, 5) is 20.8. The van der Waals surface area contributed by atoms with Crippen LogP contribution in [-0.4, -0.2) is 45.0 Å². The molecule has 12 heteroatoms. The first-order chi connectivity index (χ1) is 16.8. The Bertz CT molecular complexity index is 1330. The number of hydrogen-bond donors (Lipinski definition) is 3. The Balaban J connectivity index is 1.29. The molecule has 2 amide bonds. The highest BCUT2D eigenvalue weighted by atomic mass is 19.4. The van der Waals surface area contributed by atoms with E-state index in [0.717, 1.165) is 24.1 Å². The number of ether oxygens (including phenoxy) is 1. The van der Waals surface area contributed by atoms with Gasteiger partial charge in [0.1, 0.15) is 17.8 Å². The number of alkyl halides is 3. The van der Waals surface area contributed by atoms with Crippen molar-refractivity contribution in [1.82, 2.24) is 25.1 Å². The predicted octanol–water partition coefficient (Wildman–Crippen LogP) is 3.92. The highest BCUT2D eigenvalue weighted by Crippen LogP contribution is 2.33. The summed E-state index contributed by atoms with van der Waals surface area (Å²) in [6, 6.07) is 3.57. The molecule has 0 spiro atoms. The molecular formula is C23H22F3N7O2. The molecule has 0 bridgehead atoms. The summed E-state index contributed by atoms with van der Waals surface area (Å²) >= 11 is 0. The molecule has 3 heterocycles. The zero-order chi connectivity index (χ0) is 24.6. The van der Waals surface area contributed by atoms with Gasteiger partial charge >= 0.3 is 12.2 Å². The minimum atomic E-state index is -4.49. The lowest BCUT2D eigenvalue weighted by Gasteiger charge is -2.18. The van der Waals surface area contributed by atoms with Gasteiger partial charge in [0.25, 0.3) is 0 Å². The van der Waals surface area contributed by atoms with Gasteiger partial charge in [0.2, 0.25) is 0 Å². The second-order valence-electron chi connectivity index (χ2n) is 8.31. The number of benzene rings is 1. The lowest BCUT2D eigenvalue weighted by molar-refractivity contribution is -0.137. The predicted molar refractivity (Wildman–Crippen MR) is 123 cm³/mol. The third-order valence-corrected chi connectivity index (χ3v) is 5.91. The van der Waals surface area contributed by atoms with E-state index in [2.05, 4.69) is 20.6 Å². The van der Waals surface area contributed by atoms with E-state index in [-0.39, 0.29) is 17.8 Å². The minimum Gasteiger partial charge on any atom is -0.383 e. The average molecular weight is 485 g/mol. The third-order valence-electron chi connectivity index (χ3n) is 5.91. The molecule has 2 atom stereocenters. The number of rotatable bonds is 4. The number of allylic oxidation sites excluding steroid dienone is 2. The number of amides is 2. The smallest absolute Gasteiger partial charge is 0.383 e. The van der Waals surface area contributed by atoms with Crippen molar-refractivity contribution >= 4 is 34.1 Å². The summed E-state index contributed by atoms with van der Waals surface area (Å²) in [5, 5.41) is 10.6.